The summed E-state index contributed by atoms with van der Waals surface area (Å²) < 4.78 is 13.7. The van der Waals surface area contributed by atoms with Crippen LogP contribution in [0.15, 0.2) is 39.8 Å². The lowest BCUT2D eigenvalue weighted by Gasteiger charge is -2.16. The summed E-state index contributed by atoms with van der Waals surface area (Å²) >= 11 is 3.21. The maximum Gasteiger partial charge on any atom is 0.191 e. The van der Waals surface area contributed by atoms with Gasteiger partial charge in [-0.1, -0.05) is 18.2 Å². The van der Waals surface area contributed by atoms with Gasteiger partial charge in [-0.15, -0.1) is 24.0 Å². The molecule has 22 heavy (non-hydrogen) atoms. The molecule has 0 fully saturated rings. The van der Waals surface area contributed by atoms with Crippen molar-refractivity contribution in [2.75, 3.05) is 13.1 Å². The van der Waals surface area contributed by atoms with Crippen molar-refractivity contribution >= 4 is 45.9 Å². The Balaban J connectivity index is 0.00000242. The van der Waals surface area contributed by atoms with E-state index in [9.17, 15) is 4.39 Å². The van der Waals surface area contributed by atoms with Gasteiger partial charge >= 0.3 is 0 Å². The Kier molecular flexibility index (Phi) is 9.00. The predicted molar refractivity (Wildman–Crippen MR) is 104 cm³/mol. The largest absolute Gasteiger partial charge is 0.357 e. The number of nitrogens with zero attached hydrogens (tertiary/aromatic N) is 1. The van der Waals surface area contributed by atoms with Gasteiger partial charge in [0.1, 0.15) is 5.82 Å². The molecular formula is C16H22BrFIN3. The normalized spacial score (nSPS) is 14.8. The highest BCUT2D eigenvalue weighted by molar-refractivity contribution is 14.0. The van der Waals surface area contributed by atoms with Crippen molar-refractivity contribution in [1.82, 2.24) is 10.6 Å². The highest BCUT2D eigenvalue weighted by atomic mass is 127. The fraction of sp³-hybridized carbons (Fsp3) is 0.438. The van der Waals surface area contributed by atoms with Crippen LogP contribution in [0.25, 0.3) is 0 Å². The Hall–Kier alpha value is -0.630. The summed E-state index contributed by atoms with van der Waals surface area (Å²) in [5, 5.41) is 6.69. The van der Waals surface area contributed by atoms with Crippen LogP contribution in [-0.2, 0) is 6.42 Å². The fourth-order valence-corrected chi connectivity index (χ4v) is 2.67. The van der Waals surface area contributed by atoms with Crippen molar-refractivity contribution in [1.29, 1.82) is 0 Å². The van der Waals surface area contributed by atoms with Crippen LogP contribution in [0, 0.1) is 5.82 Å². The van der Waals surface area contributed by atoms with Crippen LogP contribution in [0.1, 0.15) is 25.3 Å². The lowest BCUT2D eigenvalue weighted by atomic mass is 10.1. The number of benzene rings is 1. The Morgan fingerprint density at radius 3 is 2.73 bits per heavy atom. The van der Waals surface area contributed by atoms with Gasteiger partial charge in [-0.3, -0.25) is 4.99 Å². The van der Waals surface area contributed by atoms with E-state index in [0.29, 0.717) is 17.1 Å². The third kappa shape index (κ3) is 6.24. The van der Waals surface area contributed by atoms with Crippen molar-refractivity contribution in [3.8, 4) is 0 Å². The van der Waals surface area contributed by atoms with Gasteiger partial charge in [-0.05, 0) is 59.8 Å². The van der Waals surface area contributed by atoms with E-state index in [1.807, 2.05) is 6.07 Å². The highest BCUT2D eigenvalue weighted by Gasteiger charge is 2.11. The van der Waals surface area contributed by atoms with Crippen molar-refractivity contribution in [3.05, 3.63) is 46.2 Å². The Labute approximate surface area is 157 Å². The van der Waals surface area contributed by atoms with E-state index < -0.39 is 0 Å². The second-order valence-corrected chi connectivity index (χ2v) is 5.90. The van der Waals surface area contributed by atoms with Crippen molar-refractivity contribution < 1.29 is 4.39 Å². The fourth-order valence-electron chi connectivity index (χ4n) is 2.24. The standard InChI is InChI=1S/C16H21BrFN3.HI/c1-2-19-16(21-13-5-3-4-6-13)20-10-9-12-7-8-15(18)14(17)11-12;/h3-4,7-8,11,13H,2,5-6,9-10H2,1H3,(H2,19,20,21);1H. The average molecular weight is 482 g/mol. The van der Waals surface area contributed by atoms with E-state index in [0.717, 1.165) is 37.3 Å². The summed E-state index contributed by atoms with van der Waals surface area (Å²) in [7, 11) is 0. The Morgan fingerprint density at radius 1 is 1.36 bits per heavy atom. The van der Waals surface area contributed by atoms with Crippen molar-refractivity contribution in [3.63, 3.8) is 0 Å². The Morgan fingerprint density at radius 2 is 2.09 bits per heavy atom. The molecule has 0 spiro atoms. The SMILES string of the molecule is CCNC(=NCCc1ccc(F)c(Br)c1)NC1CC=CC1.I. The average Bonchev–Trinajstić information content (AvgIpc) is 2.96. The third-order valence-corrected chi connectivity index (χ3v) is 3.96. The van der Waals surface area contributed by atoms with Gasteiger partial charge in [0, 0.05) is 19.1 Å². The molecule has 1 aromatic carbocycles. The molecule has 1 aromatic rings. The molecule has 0 atom stereocenters. The first-order valence-corrected chi connectivity index (χ1v) is 8.12. The quantitative estimate of drug-likeness (QED) is 0.288. The molecule has 0 aromatic heterocycles. The van der Waals surface area contributed by atoms with E-state index in [1.54, 1.807) is 6.07 Å². The van der Waals surface area contributed by atoms with Gasteiger partial charge < -0.3 is 10.6 Å². The summed E-state index contributed by atoms with van der Waals surface area (Å²) in [6.07, 6.45) is 7.28. The predicted octanol–water partition coefficient (Wildman–Crippen LogP) is 4.02. The zero-order valence-electron chi connectivity index (χ0n) is 12.6. The lowest BCUT2D eigenvalue weighted by Crippen LogP contribution is -2.42. The topological polar surface area (TPSA) is 36.4 Å². The van der Waals surface area contributed by atoms with E-state index in [1.165, 1.54) is 6.07 Å². The van der Waals surface area contributed by atoms with Crippen LogP contribution in [0.3, 0.4) is 0 Å². The summed E-state index contributed by atoms with van der Waals surface area (Å²) in [6, 6.07) is 5.54. The molecule has 0 radical (unpaired) electrons. The number of hydrogen-bond donors (Lipinski definition) is 2. The molecule has 2 N–H and O–H groups in total. The van der Waals surface area contributed by atoms with Crippen LogP contribution in [0.2, 0.25) is 0 Å². The molecule has 0 heterocycles. The van der Waals surface area contributed by atoms with Gasteiger partial charge in [0.15, 0.2) is 5.96 Å². The first-order valence-electron chi connectivity index (χ1n) is 7.33. The van der Waals surface area contributed by atoms with Gasteiger partial charge in [-0.2, -0.15) is 0 Å². The minimum atomic E-state index is -0.231. The van der Waals surface area contributed by atoms with Crippen LogP contribution >= 0.6 is 39.9 Å². The number of guanidine groups is 1. The van der Waals surface area contributed by atoms with Gasteiger partial charge in [0.25, 0.3) is 0 Å². The number of aliphatic imine (C=N–C) groups is 1. The maximum absolute atomic E-state index is 13.2. The lowest BCUT2D eigenvalue weighted by molar-refractivity contribution is 0.620. The van der Waals surface area contributed by atoms with Gasteiger partial charge in [-0.25, -0.2) is 4.39 Å². The van der Waals surface area contributed by atoms with Crippen LogP contribution in [0.4, 0.5) is 4.39 Å². The number of rotatable bonds is 5. The van der Waals surface area contributed by atoms with Crippen molar-refractivity contribution in [2.24, 2.45) is 4.99 Å². The smallest absolute Gasteiger partial charge is 0.191 e. The molecule has 1 aliphatic carbocycles. The van der Waals surface area contributed by atoms with E-state index in [4.69, 9.17) is 0 Å². The molecule has 1 aliphatic rings. The van der Waals surface area contributed by atoms with E-state index in [-0.39, 0.29) is 29.8 Å². The second kappa shape index (κ2) is 10.2. The summed E-state index contributed by atoms with van der Waals surface area (Å²) in [5.74, 6) is 0.623. The van der Waals surface area contributed by atoms with E-state index in [2.05, 4.69) is 50.6 Å². The summed E-state index contributed by atoms with van der Waals surface area (Å²) in [5.41, 5.74) is 1.07. The van der Waals surface area contributed by atoms with Crippen LogP contribution in [-0.4, -0.2) is 25.1 Å². The zero-order valence-corrected chi connectivity index (χ0v) is 16.5. The summed E-state index contributed by atoms with van der Waals surface area (Å²) in [4.78, 5) is 4.58. The molecule has 0 bridgehead atoms. The minimum Gasteiger partial charge on any atom is -0.357 e. The van der Waals surface area contributed by atoms with Crippen LogP contribution < -0.4 is 10.6 Å². The third-order valence-electron chi connectivity index (χ3n) is 3.35. The number of nitrogens with one attached hydrogen (secondary N) is 2. The van der Waals surface area contributed by atoms with Gasteiger partial charge in [0.05, 0.1) is 4.47 Å². The zero-order chi connectivity index (χ0) is 15.1. The molecule has 0 saturated heterocycles. The first-order chi connectivity index (χ1) is 10.2. The first kappa shape index (κ1) is 19.4. The monoisotopic (exact) mass is 481 g/mol. The molecule has 122 valence electrons. The molecule has 0 aliphatic heterocycles. The molecular weight excluding hydrogens is 460 g/mol. The minimum absolute atomic E-state index is 0. The molecule has 6 heteroatoms. The number of halogens is 3. The Bertz CT molecular complexity index is 526. The van der Waals surface area contributed by atoms with Crippen molar-refractivity contribution in [2.45, 2.75) is 32.2 Å². The van der Waals surface area contributed by atoms with E-state index >= 15 is 0 Å². The molecule has 3 nitrogen and oxygen atoms in total. The highest BCUT2D eigenvalue weighted by Crippen LogP contribution is 2.17. The molecule has 0 saturated carbocycles. The second-order valence-electron chi connectivity index (χ2n) is 5.04. The molecule has 0 amide bonds. The van der Waals surface area contributed by atoms with Gasteiger partial charge in [0.2, 0.25) is 0 Å². The molecule has 0 unspecified atom stereocenters. The van der Waals surface area contributed by atoms with Crippen LogP contribution in [0.5, 0.6) is 0 Å². The number of hydrogen-bond acceptors (Lipinski definition) is 1. The summed E-state index contributed by atoms with van der Waals surface area (Å²) in [6.45, 7) is 3.57. The molecule has 2 rings (SSSR count). The maximum atomic E-state index is 13.2.